The van der Waals surface area contributed by atoms with E-state index in [9.17, 15) is 8.78 Å². The first kappa shape index (κ1) is 9.87. The van der Waals surface area contributed by atoms with Gasteiger partial charge in [-0.3, -0.25) is 0 Å². The Hall–Kier alpha value is -0.670. The lowest BCUT2D eigenvalue weighted by atomic mass is 10.0. The zero-order valence-electron chi connectivity index (χ0n) is 7.49. The molecule has 1 heterocycles. The lowest BCUT2D eigenvalue weighted by molar-refractivity contribution is 0.507. The van der Waals surface area contributed by atoms with Crippen molar-refractivity contribution in [2.75, 3.05) is 6.54 Å². The maximum Gasteiger partial charge on any atom is 0.149 e. The highest BCUT2D eigenvalue weighted by atomic mass is 35.5. The van der Waals surface area contributed by atoms with Crippen LogP contribution in [0.25, 0.3) is 0 Å². The quantitative estimate of drug-likeness (QED) is 0.713. The Kier molecular flexibility index (Phi) is 2.70. The van der Waals surface area contributed by atoms with Gasteiger partial charge in [-0.15, -0.1) is 0 Å². The third kappa shape index (κ3) is 1.62. The largest absolute Gasteiger partial charge is 0.310 e. The minimum absolute atomic E-state index is 0.0184. The Bertz CT molecular complexity index is 348. The van der Waals surface area contributed by atoms with Gasteiger partial charge in [0, 0.05) is 11.6 Å². The Balaban J connectivity index is 2.44. The van der Waals surface area contributed by atoms with Crippen molar-refractivity contribution in [1.82, 2.24) is 5.32 Å². The summed E-state index contributed by atoms with van der Waals surface area (Å²) in [5.41, 5.74) is 0.0787. The highest BCUT2D eigenvalue weighted by Crippen LogP contribution is 2.30. The number of hydrogen-bond acceptors (Lipinski definition) is 1. The molecule has 0 aromatic heterocycles. The maximum absolute atomic E-state index is 13.5. The molecule has 0 bridgehead atoms. The number of halogens is 3. The fourth-order valence-electron chi connectivity index (χ4n) is 1.79. The predicted molar refractivity (Wildman–Crippen MR) is 51.3 cm³/mol. The third-order valence-corrected chi connectivity index (χ3v) is 2.78. The van der Waals surface area contributed by atoms with E-state index in [2.05, 4.69) is 5.32 Å². The molecule has 1 saturated heterocycles. The topological polar surface area (TPSA) is 12.0 Å². The smallest absolute Gasteiger partial charge is 0.149 e. The van der Waals surface area contributed by atoms with Gasteiger partial charge in [-0.25, -0.2) is 8.78 Å². The van der Waals surface area contributed by atoms with Crippen molar-refractivity contribution in [3.8, 4) is 0 Å². The second-order valence-electron chi connectivity index (χ2n) is 3.41. The van der Waals surface area contributed by atoms with Crippen LogP contribution in [0.4, 0.5) is 8.78 Å². The van der Waals surface area contributed by atoms with Crippen LogP contribution in [0, 0.1) is 11.6 Å². The van der Waals surface area contributed by atoms with E-state index in [1.165, 1.54) is 12.1 Å². The van der Waals surface area contributed by atoms with Crippen LogP contribution in [0.2, 0.25) is 5.02 Å². The second kappa shape index (κ2) is 3.83. The summed E-state index contributed by atoms with van der Waals surface area (Å²) >= 11 is 5.59. The number of nitrogens with one attached hydrogen (secondary N) is 1. The van der Waals surface area contributed by atoms with E-state index in [1.807, 2.05) is 0 Å². The summed E-state index contributed by atoms with van der Waals surface area (Å²) in [5.74, 6) is -1.16. The van der Waals surface area contributed by atoms with Crippen LogP contribution in [0.15, 0.2) is 12.1 Å². The lowest BCUT2D eigenvalue weighted by Gasteiger charge is -2.13. The molecule has 14 heavy (non-hydrogen) atoms. The number of rotatable bonds is 1. The molecule has 1 atom stereocenters. The zero-order chi connectivity index (χ0) is 10.1. The van der Waals surface area contributed by atoms with Crippen LogP contribution >= 0.6 is 11.6 Å². The van der Waals surface area contributed by atoms with E-state index in [0.29, 0.717) is 0 Å². The molecule has 0 saturated carbocycles. The van der Waals surface area contributed by atoms with Crippen molar-refractivity contribution >= 4 is 11.6 Å². The summed E-state index contributed by atoms with van der Waals surface area (Å²) in [5, 5.41) is 3.02. The minimum atomic E-state index is -0.633. The first-order valence-electron chi connectivity index (χ1n) is 4.57. The summed E-state index contributed by atoms with van der Waals surface area (Å²) in [6.07, 6.45) is 1.70. The summed E-state index contributed by atoms with van der Waals surface area (Å²) in [6.45, 7) is 0.802. The molecular formula is C10H10ClF2N. The SMILES string of the molecule is Fc1ccc(Cl)c(F)c1[C@@H]1CCCN1. The molecule has 2 rings (SSSR count). The van der Waals surface area contributed by atoms with Crippen LogP contribution < -0.4 is 5.32 Å². The monoisotopic (exact) mass is 217 g/mol. The van der Waals surface area contributed by atoms with Gasteiger partial charge in [-0.05, 0) is 31.5 Å². The molecule has 1 nitrogen and oxygen atoms in total. The van der Waals surface area contributed by atoms with E-state index < -0.39 is 11.6 Å². The molecule has 4 heteroatoms. The molecule has 1 aliphatic rings. The molecule has 0 spiro atoms. The van der Waals surface area contributed by atoms with E-state index >= 15 is 0 Å². The summed E-state index contributed by atoms with van der Waals surface area (Å²) in [7, 11) is 0. The fourth-order valence-corrected chi connectivity index (χ4v) is 1.96. The molecule has 0 amide bonds. The van der Waals surface area contributed by atoms with Gasteiger partial charge in [-0.2, -0.15) is 0 Å². The molecular weight excluding hydrogens is 208 g/mol. The van der Waals surface area contributed by atoms with Gasteiger partial charge >= 0.3 is 0 Å². The van der Waals surface area contributed by atoms with Gasteiger partial charge in [-0.1, -0.05) is 11.6 Å². The van der Waals surface area contributed by atoms with E-state index in [-0.39, 0.29) is 16.6 Å². The Morgan fingerprint density at radius 1 is 1.36 bits per heavy atom. The summed E-state index contributed by atoms with van der Waals surface area (Å²) in [6, 6.07) is 2.22. The third-order valence-electron chi connectivity index (χ3n) is 2.49. The van der Waals surface area contributed by atoms with Gasteiger partial charge in [0.2, 0.25) is 0 Å². The van der Waals surface area contributed by atoms with Crippen molar-refractivity contribution in [1.29, 1.82) is 0 Å². The maximum atomic E-state index is 13.5. The van der Waals surface area contributed by atoms with Crippen molar-refractivity contribution in [2.24, 2.45) is 0 Å². The highest BCUT2D eigenvalue weighted by molar-refractivity contribution is 6.30. The molecule has 1 fully saturated rings. The molecule has 0 radical (unpaired) electrons. The van der Waals surface area contributed by atoms with Crippen molar-refractivity contribution in [2.45, 2.75) is 18.9 Å². The summed E-state index contributed by atoms with van der Waals surface area (Å²) < 4.78 is 26.8. The Morgan fingerprint density at radius 2 is 2.14 bits per heavy atom. The minimum Gasteiger partial charge on any atom is -0.310 e. The molecule has 1 aliphatic heterocycles. The average molecular weight is 218 g/mol. The predicted octanol–water partition coefficient (Wildman–Crippen LogP) is 3.04. The fraction of sp³-hybridized carbons (Fsp3) is 0.400. The molecule has 1 aromatic rings. The normalized spacial score (nSPS) is 21.5. The van der Waals surface area contributed by atoms with Crippen molar-refractivity contribution in [3.05, 3.63) is 34.4 Å². The molecule has 0 unspecified atom stereocenters. The lowest BCUT2D eigenvalue weighted by Crippen LogP contribution is -2.16. The van der Waals surface area contributed by atoms with Gasteiger partial charge in [0.25, 0.3) is 0 Å². The van der Waals surface area contributed by atoms with Crippen molar-refractivity contribution < 1.29 is 8.78 Å². The van der Waals surface area contributed by atoms with Crippen LogP contribution in [0.1, 0.15) is 24.4 Å². The molecule has 1 aromatic carbocycles. The van der Waals surface area contributed by atoms with Gasteiger partial charge < -0.3 is 5.32 Å². The molecule has 0 aliphatic carbocycles. The van der Waals surface area contributed by atoms with Crippen LogP contribution in [0.5, 0.6) is 0 Å². The van der Waals surface area contributed by atoms with E-state index in [4.69, 9.17) is 11.6 Å². The standard InChI is InChI=1S/C10H10ClF2N/c11-6-3-4-7(12)9(10(6)13)8-2-1-5-14-8/h3-4,8,14H,1-2,5H2/t8-/m0/s1. The van der Waals surface area contributed by atoms with Gasteiger partial charge in [0.05, 0.1) is 5.02 Å². The molecule has 1 N–H and O–H groups in total. The van der Waals surface area contributed by atoms with Gasteiger partial charge in [0.15, 0.2) is 0 Å². The Labute approximate surface area is 86.1 Å². The van der Waals surface area contributed by atoms with Crippen LogP contribution in [-0.2, 0) is 0 Å². The van der Waals surface area contributed by atoms with Crippen LogP contribution in [-0.4, -0.2) is 6.54 Å². The Morgan fingerprint density at radius 3 is 2.79 bits per heavy atom. The zero-order valence-corrected chi connectivity index (χ0v) is 8.24. The molecule has 76 valence electrons. The second-order valence-corrected chi connectivity index (χ2v) is 3.81. The van der Waals surface area contributed by atoms with Crippen LogP contribution in [0.3, 0.4) is 0 Å². The highest BCUT2D eigenvalue weighted by Gasteiger charge is 2.24. The first-order valence-corrected chi connectivity index (χ1v) is 4.94. The average Bonchev–Trinajstić information content (AvgIpc) is 2.65. The first-order chi connectivity index (χ1) is 6.70. The van der Waals surface area contributed by atoms with E-state index in [1.54, 1.807) is 0 Å². The van der Waals surface area contributed by atoms with Crippen molar-refractivity contribution in [3.63, 3.8) is 0 Å². The van der Waals surface area contributed by atoms with Gasteiger partial charge in [0.1, 0.15) is 11.6 Å². The summed E-state index contributed by atoms with van der Waals surface area (Å²) in [4.78, 5) is 0. The number of hydrogen-bond donors (Lipinski definition) is 1. The van der Waals surface area contributed by atoms with E-state index in [0.717, 1.165) is 19.4 Å². The number of benzene rings is 1.